The number of nitrogens with zero attached hydrogens (tertiary/aromatic N) is 2. The van der Waals surface area contributed by atoms with E-state index in [9.17, 15) is 0 Å². The van der Waals surface area contributed by atoms with Crippen LogP contribution in [0.2, 0.25) is 0 Å². The van der Waals surface area contributed by atoms with Crippen molar-refractivity contribution in [2.24, 2.45) is 0 Å². The first-order valence-corrected chi connectivity index (χ1v) is 5.01. The zero-order valence-electron chi connectivity index (χ0n) is 9.90. The van der Waals surface area contributed by atoms with Gasteiger partial charge in [0.2, 0.25) is 0 Å². The van der Waals surface area contributed by atoms with Gasteiger partial charge in [-0.3, -0.25) is 9.80 Å². The van der Waals surface area contributed by atoms with Crippen molar-refractivity contribution in [3.63, 3.8) is 0 Å². The minimum atomic E-state index is 0. The van der Waals surface area contributed by atoms with Gasteiger partial charge in [0, 0.05) is 19.3 Å². The van der Waals surface area contributed by atoms with Gasteiger partial charge in [-0.05, 0) is 14.1 Å². The van der Waals surface area contributed by atoms with Crippen LogP contribution >= 0.6 is 0 Å². The third-order valence-corrected chi connectivity index (χ3v) is 2.97. The van der Waals surface area contributed by atoms with Gasteiger partial charge >= 0.3 is 18.9 Å². The SMILES string of the molecule is [CH2-]c1ccccc1C1N(C)CCN1C.[Li+]. The summed E-state index contributed by atoms with van der Waals surface area (Å²) in [6.07, 6.45) is 0.406. The molecule has 0 N–H and O–H groups in total. The molecule has 1 aromatic carbocycles. The van der Waals surface area contributed by atoms with Crippen LogP contribution in [0.1, 0.15) is 17.3 Å². The van der Waals surface area contributed by atoms with Crippen molar-refractivity contribution in [1.82, 2.24) is 9.80 Å². The van der Waals surface area contributed by atoms with E-state index < -0.39 is 0 Å². The summed E-state index contributed by atoms with van der Waals surface area (Å²) in [7, 11) is 4.33. The Bertz CT molecular complexity index is 317. The summed E-state index contributed by atoms with van der Waals surface area (Å²) in [5, 5.41) is 0. The molecule has 0 aliphatic carbocycles. The van der Waals surface area contributed by atoms with Crippen LogP contribution in [0.5, 0.6) is 0 Å². The Balaban J connectivity index is 0.00000112. The molecular weight excluding hydrogens is 179 g/mol. The monoisotopic (exact) mass is 196 g/mol. The second-order valence-electron chi connectivity index (χ2n) is 4.03. The molecule has 1 aliphatic rings. The van der Waals surface area contributed by atoms with E-state index in [-0.39, 0.29) is 18.9 Å². The fourth-order valence-electron chi connectivity index (χ4n) is 2.16. The number of hydrogen-bond donors (Lipinski definition) is 0. The predicted molar refractivity (Wildman–Crippen MR) is 58.9 cm³/mol. The molecule has 0 unspecified atom stereocenters. The van der Waals surface area contributed by atoms with E-state index in [2.05, 4.69) is 49.0 Å². The van der Waals surface area contributed by atoms with Crippen LogP contribution in [-0.4, -0.2) is 37.0 Å². The Morgan fingerprint density at radius 1 is 1.13 bits per heavy atom. The van der Waals surface area contributed by atoms with E-state index in [4.69, 9.17) is 0 Å². The first kappa shape index (κ1) is 12.7. The zero-order valence-corrected chi connectivity index (χ0v) is 9.90. The Kier molecular flexibility index (Phi) is 4.30. The minimum absolute atomic E-state index is 0. The summed E-state index contributed by atoms with van der Waals surface area (Å²) in [5.74, 6) is 0. The van der Waals surface area contributed by atoms with Crippen LogP contribution in [0.3, 0.4) is 0 Å². The Morgan fingerprint density at radius 2 is 1.67 bits per heavy atom. The molecule has 1 fully saturated rings. The Hall–Kier alpha value is -0.393. The first-order valence-electron chi connectivity index (χ1n) is 5.01. The predicted octanol–water partition coefficient (Wildman–Crippen LogP) is -1.25. The van der Waals surface area contributed by atoms with Crippen LogP contribution in [0.15, 0.2) is 24.3 Å². The summed E-state index contributed by atoms with van der Waals surface area (Å²) in [6.45, 7) is 6.35. The van der Waals surface area contributed by atoms with Crippen LogP contribution in [0.4, 0.5) is 0 Å². The van der Waals surface area contributed by atoms with Crippen LogP contribution in [0.25, 0.3) is 0 Å². The molecular formula is C12H17LiN2. The largest absolute Gasteiger partial charge is 1.00 e. The van der Waals surface area contributed by atoms with E-state index in [1.54, 1.807) is 0 Å². The molecule has 0 radical (unpaired) electrons. The molecule has 3 heteroatoms. The fraction of sp³-hybridized carbons (Fsp3) is 0.417. The van der Waals surface area contributed by atoms with E-state index in [0.717, 1.165) is 18.7 Å². The van der Waals surface area contributed by atoms with Gasteiger partial charge < -0.3 is 0 Å². The number of hydrogen-bond acceptors (Lipinski definition) is 2. The normalized spacial score (nSPS) is 19.1. The molecule has 1 aliphatic heterocycles. The average Bonchev–Trinajstić information content (AvgIpc) is 2.48. The third-order valence-electron chi connectivity index (χ3n) is 2.97. The van der Waals surface area contributed by atoms with Gasteiger partial charge in [0.1, 0.15) is 0 Å². The zero-order chi connectivity index (χ0) is 10.1. The average molecular weight is 196 g/mol. The van der Waals surface area contributed by atoms with Gasteiger partial charge in [-0.15, -0.1) is 17.7 Å². The van der Waals surface area contributed by atoms with Gasteiger partial charge in [-0.2, -0.15) is 18.6 Å². The van der Waals surface area contributed by atoms with Gasteiger partial charge in [0.15, 0.2) is 0 Å². The Morgan fingerprint density at radius 3 is 2.20 bits per heavy atom. The molecule has 1 saturated heterocycles. The van der Waals surface area contributed by atoms with Gasteiger partial charge in [0.05, 0.1) is 0 Å². The third kappa shape index (κ3) is 2.41. The second-order valence-corrected chi connectivity index (χ2v) is 4.03. The summed E-state index contributed by atoms with van der Waals surface area (Å²) >= 11 is 0. The molecule has 2 nitrogen and oxygen atoms in total. The van der Waals surface area contributed by atoms with Crippen molar-refractivity contribution in [2.45, 2.75) is 6.17 Å². The Labute approximate surface area is 104 Å². The van der Waals surface area contributed by atoms with Gasteiger partial charge in [-0.1, -0.05) is 6.07 Å². The molecule has 0 bridgehead atoms. The maximum atomic E-state index is 4.08. The minimum Gasteiger partial charge on any atom is -0.296 e. The van der Waals surface area contributed by atoms with E-state index in [1.807, 2.05) is 6.07 Å². The molecule has 15 heavy (non-hydrogen) atoms. The van der Waals surface area contributed by atoms with Crippen LogP contribution < -0.4 is 18.9 Å². The van der Waals surface area contributed by atoms with Crippen LogP contribution in [-0.2, 0) is 0 Å². The summed E-state index contributed by atoms with van der Waals surface area (Å²) in [5.41, 5.74) is 2.47. The van der Waals surface area contributed by atoms with Crippen molar-refractivity contribution in [2.75, 3.05) is 27.2 Å². The summed E-state index contributed by atoms with van der Waals surface area (Å²) < 4.78 is 0. The molecule has 0 atom stereocenters. The molecule has 0 amide bonds. The van der Waals surface area contributed by atoms with E-state index >= 15 is 0 Å². The van der Waals surface area contributed by atoms with Crippen molar-refractivity contribution < 1.29 is 18.9 Å². The summed E-state index contributed by atoms with van der Waals surface area (Å²) in [4.78, 5) is 4.73. The van der Waals surface area contributed by atoms with Gasteiger partial charge in [0.25, 0.3) is 0 Å². The summed E-state index contributed by atoms with van der Waals surface area (Å²) in [6, 6.07) is 8.38. The number of likely N-dealkylation sites (N-methyl/N-ethyl adjacent to an activating group) is 2. The smallest absolute Gasteiger partial charge is 0.296 e. The first-order chi connectivity index (χ1) is 6.70. The maximum Gasteiger partial charge on any atom is 1.00 e. The molecule has 0 aromatic heterocycles. The van der Waals surface area contributed by atoms with E-state index in [1.165, 1.54) is 5.56 Å². The quantitative estimate of drug-likeness (QED) is 0.409. The maximum absolute atomic E-state index is 4.08. The van der Waals surface area contributed by atoms with Crippen molar-refractivity contribution in [1.29, 1.82) is 0 Å². The topological polar surface area (TPSA) is 6.48 Å². The fourth-order valence-corrected chi connectivity index (χ4v) is 2.16. The van der Waals surface area contributed by atoms with Crippen molar-refractivity contribution in [3.8, 4) is 0 Å². The standard InChI is InChI=1S/C12H17N2.Li/c1-10-6-4-5-7-11(10)12-13(2)8-9-14(12)3;/h4-7,12H,1,8-9H2,2-3H3;/q-1;+1. The molecule has 2 rings (SSSR count). The second kappa shape index (κ2) is 5.09. The van der Waals surface area contributed by atoms with E-state index in [0.29, 0.717) is 6.17 Å². The molecule has 1 aromatic rings. The van der Waals surface area contributed by atoms with Crippen molar-refractivity contribution >= 4 is 0 Å². The van der Waals surface area contributed by atoms with Crippen LogP contribution in [0, 0.1) is 6.92 Å². The molecule has 76 valence electrons. The molecule has 1 heterocycles. The number of rotatable bonds is 1. The molecule has 0 saturated carbocycles. The van der Waals surface area contributed by atoms with Crippen molar-refractivity contribution in [3.05, 3.63) is 42.3 Å². The molecule has 0 spiro atoms. The van der Waals surface area contributed by atoms with Gasteiger partial charge in [-0.25, -0.2) is 0 Å². The number of benzene rings is 1.